The average molecular weight is 765 g/mol. The molecule has 12 rings (SSSR count). The van der Waals surface area contributed by atoms with Crippen LogP contribution in [0.3, 0.4) is 0 Å². The second-order valence-corrected chi connectivity index (χ2v) is 16.0. The molecular formula is C58H40N2. The van der Waals surface area contributed by atoms with Crippen LogP contribution in [0.25, 0.3) is 99.9 Å². The molecule has 0 amide bonds. The molecule has 11 aromatic rings. The van der Waals surface area contributed by atoms with Gasteiger partial charge in [-0.25, -0.2) is 0 Å². The van der Waals surface area contributed by atoms with Crippen LogP contribution in [-0.4, -0.2) is 9.13 Å². The number of nitrogens with zero attached hydrogens (tertiary/aromatic N) is 2. The van der Waals surface area contributed by atoms with Gasteiger partial charge in [0.25, 0.3) is 0 Å². The van der Waals surface area contributed by atoms with Crippen LogP contribution in [0.5, 0.6) is 0 Å². The van der Waals surface area contributed by atoms with Gasteiger partial charge in [-0.2, -0.15) is 0 Å². The largest absolute Gasteiger partial charge is 0.310 e. The van der Waals surface area contributed by atoms with Crippen LogP contribution in [0.2, 0.25) is 0 Å². The van der Waals surface area contributed by atoms with Gasteiger partial charge in [0.05, 0.1) is 22.2 Å². The molecule has 0 saturated carbocycles. The minimum atomic E-state index is 1.04. The number of allylic oxidation sites excluding steroid dienone is 1. The first-order chi connectivity index (χ1) is 29.8. The molecule has 60 heavy (non-hydrogen) atoms. The summed E-state index contributed by atoms with van der Waals surface area (Å²) in [6, 6.07) is 77.8. The Morgan fingerprint density at radius 1 is 0.300 bits per heavy atom. The summed E-state index contributed by atoms with van der Waals surface area (Å²) < 4.78 is 4.87. The number of para-hydroxylation sites is 2. The number of aryl methyl sites for hydroxylation is 1. The molecule has 2 aromatic heterocycles. The van der Waals surface area contributed by atoms with Crippen molar-refractivity contribution >= 4 is 55.1 Å². The first-order valence-electron chi connectivity index (χ1n) is 21.0. The lowest BCUT2D eigenvalue weighted by Crippen LogP contribution is -2.03. The summed E-state index contributed by atoms with van der Waals surface area (Å²) in [5.41, 5.74) is 18.8. The van der Waals surface area contributed by atoms with E-state index >= 15 is 0 Å². The summed E-state index contributed by atoms with van der Waals surface area (Å²) in [7, 11) is 0. The highest BCUT2D eigenvalue weighted by Crippen LogP contribution is 2.41. The lowest BCUT2D eigenvalue weighted by atomic mass is 9.91. The Kier molecular flexibility index (Phi) is 8.02. The topological polar surface area (TPSA) is 9.86 Å². The maximum absolute atomic E-state index is 2.46. The van der Waals surface area contributed by atoms with Gasteiger partial charge in [-0.05, 0) is 122 Å². The number of benzene rings is 9. The van der Waals surface area contributed by atoms with Crippen molar-refractivity contribution in [1.29, 1.82) is 0 Å². The lowest BCUT2D eigenvalue weighted by Gasteiger charge is -2.17. The maximum Gasteiger partial charge on any atom is 0.0547 e. The normalized spacial score (nSPS) is 12.6. The molecular weight excluding hydrogens is 725 g/mol. The Morgan fingerprint density at radius 3 is 1.45 bits per heavy atom. The smallest absolute Gasteiger partial charge is 0.0547 e. The predicted octanol–water partition coefficient (Wildman–Crippen LogP) is 15.4. The van der Waals surface area contributed by atoms with Crippen LogP contribution in [0, 0.1) is 0 Å². The second kappa shape index (κ2) is 14.0. The molecule has 2 heterocycles. The van der Waals surface area contributed by atoms with Gasteiger partial charge in [0.2, 0.25) is 0 Å². The number of hydrogen-bond donors (Lipinski definition) is 0. The van der Waals surface area contributed by atoms with E-state index in [4.69, 9.17) is 0 Å². The summed E-state index contributed by atoms with van der Waals surface area (Å²) in [5.74, 6) is 0. The second-order valence-electron chi connectivity index (χ2n) is 16.0. The first kappa shape index (κ1) is 34.4. The fraction of sp³-hybridized carbons (Fsp3) is 0.0345. The molecule has 0 bridgehead atoms. The van der Waals surface area contributed by atoms with Crippen molar-refractivity contribution < 1.29 is 0 Å². The number of hydrogen-bond acceptors (Lipinski definition) is 0. The molecule has 0 fully saturated rings. The van der Waals surface area contributed by atoms with E-state index in [1.807, 2.05) is 0 Å². The maximum atomic E-state index is 2.46. The van der Waals surface area contributed by atoms with Crippen molar-refractivity contribution in [3.05, 3.63) is 229 Å². The first-order valence-corrected chi connectivity index (χ1v) is 21.0. The van der Waals surface area contributed by atoms with Gasteiger partial charge in [0.15, 0.2) is 0 Å². The summed E-state index contributed by atoms with van der Waals surface area (Å²) >= 11 is 0. The SMILES string of the molecule is C1=C(c2ccccc2)CCc2c1n(-c1ccc(-c3cccc4c(-c5ccc(-n6c7ccccc7c7ccc(-c8ccccc8)cc76)cc5)cccc34)cc1)c1ccccc21. The van der Waals surface area contributed by atoms with Crippen molar-refractivity contribution in [2.75, 3.05) is 0 Å². The Labute approximate surface area is 349 Å². The van der Waals surface area contributed by atoms with Gasteiger partial charge in [0, 0.05) is 27.5 Å². The third-order valence-electron chi connectivity index (χ3n) is 12.7. The molecule has 1 aliphatic rings. The van der Waals surface area contributed by atoms with Gasteiger partial charge in [-0.3, -0.25) is 0 Å². The van der Waals surface area contributed by atoms with Gasteiger partial charge in [-0.1, -0.05) is 170 Å². The molecule has 0 spiro atoms. The average Bonchev–Trinajstić information content (AvgIpc) is 3.84. The van der Waals surface area contributed by atoms with Crippen LogP contribution in [0.4, 0.5) is 0 Å². The molecule has 9 aromatic carbocycles. The molecule has 0 aliphatic heterocycles. The van der Waals surface area contributed by atoms with E-state index in [2.05, 4.69) is 228 Å². The molecule has 2 heteroatoms. The van der Waals surface area contributed by atoms with Crippen molar-refractivity contribution in [2.24, 2.45) is 0 Å². The zero-order chi connectivity index (χ0) is 39.6. The van der Waals surface area contributed by atoms with Crippen molar-refractivity contribution in [3.63, 3.8) is 0 Å². The molecule has 0 unspecified atom stereocenters. The quantitative estimate of drug-likeness (QED) is 0.160. The standard InChI is InChI=1S/C58H40N2/c1-3-13-39(14-4-1)43-29-35-53-51-17-7-9-23-55(51)59(57(53)37-43)45-31-25-41(26-32-45)47-19-11-22-50-48(20-12-21-49(47)50)42-27-33-46(34-28-42)60-56-24-10-8-18-52(56)54-36-30-44(38-58(54)60)40-15-5-2-6-16-40/h1-29,31-35,37-38H,30,36H2. The fourth-order valence-electron chi connectivity index (χ4n) is 9.85. The highest BCUT2D eigenvalue weighted by Gasteiger charge is 2.22. The minimum Gasteiger partial charge on any atom is -0.310 e. The number of rotatable bonds is 6. The van der Waals surface area contributed by atoms with E-state index in [1.165, 1.54) is 105 Å². The van der Waals surface area contributed by atoms with Crippen molar-refractivity contribution in [1.82, 2.24) is 9.13 Å². The molecule has 2 nitrogen and oxygen atoms in total. The van der Waals surface area contributed by atoms with Gasteiger partial charge in [-0.15, -0.1) is 0 Å². The van der Waals surface area contributed by atoms with E-state index < -0.39 is 0 Å². The third kappa shape index (κ3) is 5.56. The van der Waals surface area contributed by atoms with E-state index in [1.54, 1.807) is 0 Å². The van der Waals surface area contributed by atoms with Crippen LogP contribution in [0.15, 0.2) is 212 Å². The van der Waals surface area contributed by atoms with Crippen LogP contribution < -0.4 is 0 Å². The zero-order valence-corrected chi connectivity index (χ0v) is 33.1. The van der Waals surface area contributed by atoms with Gasteiger partial charge >= 0.3 is 0 Å². The zero-order valence-electron chi connectivity index (χ0n) is 33.1. The fourth-order valence-corrected chi connectivity index (χ4v) is 9.85. The predicted molar refractivity (Wildman–Crippen MR) is 254 cm³/mol. The summed E-state index contributed by atoms with van der Waals surface area (Å²) in [6.07, 6.45) is 4.51. The Balaban J connectivity index is 0.912. The highest BCUT2D eigenvalue weighted by atomic mass is 15.0. The van der Waals surface area contributed by atoms with E-state index in [-0.39, 0.29) is 0 Å². The van der Waals surface area contributed by atoms with Crippen molar-refractivity contribution in [2.45, 2.75) is 12.8 Å². The van der Waals surface area contributed by atoms with Crippen LogP contribution in [-0.2, 0) is 6.42 Å². The third-order valence-corrected chi connectivity index (χ3v) is 12.7. The molecule has 0 saturated heterocycles. The minimum absolute atomic E-state index is 1.04. The van der Waals surface area contributed by atoms with E-state index in [9.17, 15) is 0 Å². The summed E-state index contributed by atoms with van der Waals surface area (Å²) in [6.45, 7) is 0. The molecule has 0 atom stereocenters. The van der Waals surface area contributed by atoms with E-state index in [0.29, 0.717) is 0 Å². The molecule has 282 valence electrons. The molecule has 1 aliphatic carbocycles. The number of aromatic nitrogens is 2. The summed E-state index contributed by atoms with van der Waals surface area (Å²) in [5, 5.41) is 6.38. The van der Waals surface area contributed by atoms with Crippen LogP contribution >= 0.6 is 0 Å². The van der Waals surface area contributed by atoms with E-state index in [0.717, 1.165) is 18.5 Å². The molecule has 0 radical (unpaired) electrons. The Hall–Kier alpha value is -7.68. The monoisotopic (exact) mass is 764 g/mol. The van der Waals surface area contributed by atoms with Crippen molar-refractivity contribution in [3.8, 4) is 44.8 Å². The number of fused-ring (bicyclic) bond motifs is 7. The summed E-state index contributed by atoms with van der Waals surface area (Å²) in [4.78, 5) is 0. The lowest BCUT2D eigenvalue weighted by molar-refractivity contribution is 0.980. The van der Waals surface area contributed by atoms with Gasteiger partial charge in [0.1, 0.15) is 0 Å². The Bertz CT molecular complexity index is 3440. The highest BCUT2D eigenvalue weighted by molar-refractivity contribution is 6.10. The van der Waals surface area contributed by atoms with Crippen LogP contribution in [0.1, 0.15) is 23.2 Å². The van der Waals surface area contributed by atoms with Gasteiger partial charge < -0.3 is 9.13 Å². The molecule has 0 N–H and O–H groups in total. The Morgan fingerprint density at radius 2 is 0.800 bits per heavy atom.